The van der Waals surface area contributed by atoms with Crippen LogP contribution in [-0.2, 0) is 9.53 Å². The van der Waals surface area contributed by atoms with Crippen LogP contribution in [0.15, 0.2) is 0 Å². The molecule has 1 rings (SSSR count). The fourth-order valence-corrected chi connectivity index (χ4v) is 1.86. The van der Waals surface area contributed by atoms with Crippen molar-refractivity contribution in [3.8, 4) is 0 Å². The lowest BCUT2D eigenvalue weighted by Crippen LogP contribution is -2.38. The van der Waals surface area contributed by atoms with Crippen LogP contribution in [0.4, 0.5) is 0 Å². The minimum atomic E-state index is -0.216. The molecule has 4 heteroatoms. The third kappa shape index (κ3) is 5.47. The summed E-state index contributed by atoms with van der Waals surface area (Å²) in [5, 5.41) is 11.5. The Kier molecular flexibility index (Phi) is 7.17. The number of unbranched alkanes of at least 4 members (excludes halogenated alkanes) is 3. The Morgan fingerprint density at radius 1 is 1.25 bits per heavy atom. The van der Waals surface area contributed by atoms with Crippen molar-refractivity contribution in [1.29, 1.82) is 0 Å². The van der Waals surface area contributed by atoms with E-state index in [1.165, 1.54) is 0 Å². The second kappa shape index (κ2) is 8.53. The van der Waals surface area contributed by atoms with Crippen LogP contribution >= 0.6 is 0 Å². The van der Waals surface area contributed by atoms with Gasteiger partial charge in [-0.15, -0.1) is 0 Å². The van der Waals surface area contributed by atoms with Gasteiger partial charge in [0.15, 0.2) is 0 Å². The van der Waals surface area contributed by atoms with E-state index in [1.54, 1.807) is 0 Å². The molecule has 1 fully saturated rings. The number of hydrogen-bond donors (Lipinski definition) is 2. The van der Waals surface area contributed by atoms with Gasteiger partial charge in [0.25, 0.3) is 0 Å². The van der Waals surface area contributed by atoms with Gasteiger partial charge in [-0.25, -0.2) is 0 Å². The zero-order chi connectivity index (χ0) is 11.6. The average molecular weight is 229 g/mol. The smallest absolute Gasteiger partial charge is 0.249 e. The van der Waals surface area contributed by atoms with Crippen molar-refractivity contribution in [2.24, 2.45) is 0 Å². The molecule has 0 aliphatic carbocycles. The Labute approximate surface area is 97.4 Å². The van der Waals surface area contributed by atoms with E-state index in [2.05, 4.69) is 5.32 Å². The van der Waals surface area contributed by atoms with Gasteiger partial charge in [0.1, 0.15) is 6.10 Å². The maximum Gasteiger partial charge on any atom is 0.249 e. The van der Waals surface area contributed by atoms with Gasteiger partial charge in [0, 0.05) is 19.8 Å². The van der Waals surface area contributed by atoms with E-state index in [0.717, 1.165) is 51.5 Å². The molecular weight excluding hydrogens is 206 g/mol. The van der Waals surface area contributed by atoms with E-state index in [-0.39, 0.29) is 18.6 Å². The molecule has 0 bridgehead atoms. The fourth-order valence-electron chi connectivity index (χ4n) is 1.86. The minimum absolute atomic E-state index is 0.0434. The SMILES string of the molecule is O=C(NCCCCCCO)C1CCCCO1. The van der Waals surface area contributed by atoms with Gasteiger partial charge in [-0.2, -0.15) is 0 Å². The van der Waals surface area contributed by atoms with Gasteiger partial charge in [0.05, 0.1) is 0 Å². The zero-order valence-electron chi connectivity index (χ0n) is 9.91. The molecule has 1 heterocycles. The predicted octanol–water partition coefficient (Wildman–Crippen LogP) is 1.22. The normalized spacial score (nSPS) is 20.7. The number of ether oxygens (including phenoxy) is 1. The molecule has 2 N–H and O–H groups in total. The molecule has 1 atom stereocenters. The largest absolute Gasteiger partial charge is 0.396 e. The highest BCUT2D eigenvalue weighted by Crippen LogP contribution is 2.12. The molecule has 1 amide bonds. The topological polar surface area (TPSA) is 58.6 Å². The van der Waals surface area contributed by atoms with Crippen LogP contribution in [-0.4, -0.2) is 36.9 Å². The Balaban J connectivity index is 1.97. The zero-order valence-corrected chi connectivity index (χ0v) is 9.91. The first kappa shape index (κ1) is 13.5. The minimum Gasteiger partial charge on any atom is -0.396 e. The van der Waals surface area contributed by atoms with Crippen LogP contribution in [0.3, 0.4) is 0 Å². The summed E-state index contributed by atoms with van der Waals surface area (Å²) in [6.45, 7) is 1.71. The second-order valence-corrected chi connectivity index (χ2v) is 4.28. The summed E-state index contributed by atoms with van der Waals surface area (Å²) in [5.41, 5.74) is 0. The molecule has 0 aromatic rings. The molecule has 0 radical (unpaired) electrons. The van der Waals surface area contributed by atoms with Gasteiger partial charge in [-0.05, 0) is 32.1 Å². The Bertz CT molecular complexity index is 191. The van der Waals surface area contributed by atoms with Crippen molar-refractivity contribution in [2.45, 2.75) is 51.0 Å². The molecule has 1 unspecified atom stereocenters. The standard InChI is InChI=1S/C12H23NO3/c14-9-5-2-1-4-8-13-12(15)11-7-3-6-10-16-11/h11,14H,1-10H2,(H,13,15). The van der Waals surface area contributed by atoms with Crippen molar-refractivity contribution in [3.63, 3.8) is 0 Å². The van der Waals surface area contributed by atoms with E-state index in [9.17, 15) is 4.79 Å². The lowest BCUT2D eigenvalue weighted by Gasteiger charge is -2.21. The summed E-state index contributed by atoms with van der Waals surface area (Å²) >= 11 is 0. The summed E-state index contributed by atoms with van der Waals surface area (Å²) in [6, 6.07) is 0. The van der Waals surface area contributed by atoms with Crippen LogP contribution in [0.25, 0.3) is 0 Å². The van der Waals surface area contributed by atoms with Crippen molar-refractivity contribution in [3.05, 3.63) is 0 Å². The van der Waals surface area contributed by atoms with Crippen molar-refractivity contribution in [1.82, 2.24) is 5.32 Å². The van der Waals surface area contributed by atoms with Crippen molar-refractivity contribution in [2.75, 3.05) is 19.8 Å². The molecule has 4 nitrogen and oxygen atoms in total. The van der Waals surface area contributed by atoms with Crippen LogP contribution in [0.2, 0.25) is 0 Å². The van der Waals surface area contributed by atoms with Gasteiger partial charge >= 0.3 is 0 Å². The van der Waals surface area contributed by atoms with E-state index < -0.39 is 0 Å². The third-order valence-corrected chi connectivity index (χ3v) is 2.86. The first-order valence-corrected chi connectivity index (χ1v) is 6.35. The molecule has 1 aliphatic rings. The second-order valence-electron chi connectivity index (χ2n) is 4.28. The molecule has 0 spiro atoms. The van der Waals surface area contributed by atoms with Gasteiger partial charge in [0.2, 0.25) is 5.91 Å². The fraction of sp³-hybridized carbons (Fsp3) is 0.917. The van der Waals surface area contributed by atoms with E-state index >= 15 is 0 Å². The molecule has 1 saturated heterocycles. The maximum atomic E-state index is 11.6. The number of carbonyl (C=O) groups excluding carboxylic acids is 1. The molecule has 16 heavy (non-hydrogen) atoms. The van der Waals surface area contributed by atoms with Crippen LogP contribution < -0.4 is 5.32 Å². The number of nitrogens with one attached hydrogen (secondary N) is 1. The Morgan fingerprint density at radius 2 is 2.06 bits per heavy atom. The van der Waals surface area contributed by atoms with Crippen molar-refractivity contribution >= 4 is 5.91 Å². The highest BCUT2D eigenvalue weighted by molar-refractivity contribution is 5.80. The first-order chi connectivity index (χ1) is 7.84. The van der Waals surface area contributed by atoms with Crippen molar-refractivity contribution < 1.29 is 14.6 Å². The first-order valence-electron chi connectivity index (χ1n) is 6.35. The molecule has 0 aromatic heterocycles. The van der Waals surface area contributed by atoms with Crippen LogP contribution in [0, 0.1) is 0 Å². The molecule has 1 aliphatic heterocycles. The summed E-state index contributed by atoms with van der Waals surface area (Å²) in [7, 11) is 0. The summed E-state index contributed by atoms with van der Waals surface area (Å²) in [4.78, 5) is 11.6. The van der Waals surface area contributed by atoms with E-state index in [1.807, 2.05) is 0 Å². The maximum absolute atomic E-state index is 11.6. The van der Waals surface area contributed by atoms with E-state index in [4.69, 9.17) is 9.84 Å². The Hall–Kier alpha value is -0.610. The van der Waals surface area contributed by atoms with Gasteiger partial charge in [-0.3, -0.25) is 4.79 Å². The summed E-state index contributed by atoms with van der Waals surface area (Å²) in [6.07, 6.45) is 6.75. The van der Waals surface area contributed by atoms with Gasteiger partial charge < -0.3 is 15.2 Å². The number of aliphatic hydroxyl groups excluding tert-OH is 1. The van der Waals surface area contributed by atoms with Crippen LogP contribution in [0.5, 0.6) is 0 Å². The molecular formula is C12H23NO3. The number of hydrogen-bond acceptors (Lipinski definition) is 3. The Morgan fingerprint density at radius 3 is 2.75 bits per heavy atom. The lowest BCUT2D eigenvalue weighted by molar-refractivity contribution is -0.135. The van der Waals surface area contributed by atoms with E-state index in [0.29, 0.717) is 6.61 Å². The lowest BCUT2D eigenvalue weighted by atomic mass is 10.1. The molecule has 0 aromatic carbocycles. The number of amides is 1. The van der Waals surface area contributed by atoms with Gasteiger partial charge in [-0.1, -0.05) is 12.8 Å². The summed E-state index contributed by atoms with van der Waals surface area (Å²) < 4.78 is 5.39. The number of rotatable bonds is 7. The number of carbonyl (C=O) groups is 1. The molecule has 0 saturated carbocycles. The monoisotopic (exact) mass is 229 g/mol. The highest BCUT2D eigenvalue weighted by atomic mass is 16.5. The average Bonchev–Trinajstić information content (AvgIpc) is 2.34. The third-order valence-electron chi connectivity index (χ3n) is 2.86. The quantitative estimate of drug-likeness (QED) is 0.645. The predicted molar refractivity (Wildman–Crippen MR) is 62.2 cm³/mol. The van der Waals surface area contributed by atoms with Crippen LogP contribution in [0.1, 0.15) is 44.9 Å². The molecule has 94 valence electrons. The number of aliphatic hydroxyl groups is 1. The highest BCUT2D eigenvalue weighted by Gasteiger charge is 2.20. The summed E-state index contributed by atoms with van der Waals surface area (Å²) in [5.74, 6) is 0.0434.